The zero-order valence-corrected chi connectivity index (χ0v) is 13.5. The molecule has 0 amide bonds. The Hall–Kier alpha value is -3.29. The van der Waals surface area contributed by atoms with E-state index >= 15 is 0 Å². The zero-order valence-electron chi connectivity index (χ0n) is 13.5. The first kappa shape index (κ1) is 17.1. The Morgan fingerprint density at radius 1 is 1.04 bits per heavy atom. The van der Waals surface area contributed by atoms with Crippen molar-refractivity contribution in [3.8, 4) is 17.2 Å². The number of nitro groups is 1. The third-order valence-corrected chi connectivity index (χ3v) is 3.19. The Kier molecular flexibility index (Phi) is 5.56. The van der Waals surface area contributed by atoms with Gasteiger partial charge < -0.3 is 14.2 Å². The van der Waals surface area contributed by atoms with Crippen molar-refractivity contribution in [3.05, 3.63) is 52.1 Å². The minimum absolute atomic E-state index is 0.0149. The van der Waals surface area contributed by atoms with Gasteiger partial charge in [-0.2, -0.15) is 5.10 Å². The van der Waals surface area contributed by atoms with Crippen LogP contribution in [0.1, 0.15) is 5.56 Å². The van der Waals surface area contributed by atoms with E-state index in [0.717, 1.165) is 0 Å². The van der Waals surface area contributed by atoms with Crippen LogP contribution in [0.2, 0.25) is 0 Å². The van der Waals surface area contributed by atoms with Crippen LogP contribution < -0.4 is 19.6 Å². The SMILES string of the molecule is COc1cc(OC)c(OC)cc1C=NNc1cccc([N+](=O)[O-])c1. The van der Waals surface area contributed by atoms with Gasteiger partial charge in [-0.1, -0.05) is 6.07 Å². The maximum atomic E-state index is 10.8. The lowest BCUT2D eigenvalue weighted by molar-refractivity contribution is -0.384. The molecular weight excluding hydrogens is 314 g/mol. The van der Waals surface area contributed by atoms with E-state index in [1.165, 1.54) is 39.7 Å². The van der Waals surface area contributed by atoms with Gasteiger partial charge in [0.25, 0.3) is 5.69 Å². The summed E-state index contributed by atoms with van der Waals surface area (Å²) in [7, 11) is 4.61. The second kappa shape index (κ2) is 7.82. The average Bonchev–Trinajstić information content (AvgIpc) is 2.61. The van der Waals surface area contributed by atoms with Crippen LogP contribution in [-0.2, 0) is 0 Å². The molecule has 0 fully saturated rings. The van der Waals surface area contributed by atoms with Crippen LogP contribution in [0.5, 0.6) is 17.2 Å². The first-order valence-corrected chi connectivity index (χ1v) is 6.92. The van der Waals surface area contributed by atoms with Gasteiger partial charge in [-0.05, 0) is 12.1 Å². The van der Waals surface area contributed by atoms with Crippen LogP contribution in [0.4, 0.5) is 11.4 Å². The molecule has 0 atom stereocenters. The third kappa shape index (κ3) is 3.92. The molecule has 8 heteroatoms. The Morgan fingerprint density at radius 2 is 1.71 bits per heavy atom. The summed E-state index contributed by atoms with van der Waals surface area (Å²) in [6, 6.07) is 9.46. The standard InChI is InChI=1S/C16H17N3O5/c1-22-14-9-16(24-3)15(23-2)7-11(14)10-17-18-12-5-4-6-13(8-12)19(20)21/h4-10,18H,1-3H3. The number of ether oxygens (including phenoxy) is 3. The van der Waals surface area contributed by atoms with E-state index < -0.39 is 4.92 Å². The van der Waals surface area contributed by atoms with Gasteiger partial charge in [0.15, 0.2) is 11.5 Å². The fourth-order valence-corrected chi connectivity index (χ4v) is 2.02. The molecule has 2 rings (SSSR count). The lowest BCUT2D eigenvalue weighted by Gasteiger charge is -2.11. The van der Waals surface area contributed by atoms with Crippen molar-refractivity contribution in [3.63, 3.8) is 0 Å². The van der Waals surface area contributed by atoms with Crippen LogP contribution >= 0.6 is 0 Å². The molecule has 0 heterocycles. The molecule has 0 saturated heterocycles. The molecule has 126 valence electrons. The van der Waals surface area contributed by atoms with Crippen LogP contribution in [0, 0.1) is 10.1 Å². The summed E-state index contributed by atoms with van der Waals surface area (Å²) in [5.74, 6) is 1.63. The summed E-state index contributed by atoms with van der Waals surface area (Å²) in [5.41, 5.74) is 3.89. The largest absolute Gasteiger partial charge is 0.496 e. The lowest BCUT2D eigenvalue weighted by atomic mass is 10.2. The highest BCUT2D eigenvalue weighted by Crippen LogP contribution is 2.33. The number of nitro benzene ring substituents is 1. The number of hydrazone groups is 1. The molecule has 0 bridgehead atoms. The first-order chi connectivity index (χ1) is 11.6. The molecule has 1 N–H and O–H groups in total. The van der Waals surface area contributed by atoms with Crippen LogP contribution in [-0.4, -0.2) is 32.5 Å². The number of hydrogen-bond acceptors (Lipinski definition) is 7. The number of hydrogen-bond donors (Lipinski definition) is 1. The van der Waals surface area contributed by atoms with Gasteiger partial charge in [-0.3, -0.25) is 15.5 Å². The van der Waals surface area contributed by atoms with E-state index in [2.05, 4.69) is 10.5 Å². The van der Waals surface area contributed by atoms with Gasteiger partial charge >= 0.3 is 0 Å². The molecule has 0 saturated carbocycles. The molecule has 8 nitrogen and oxygen atoms in total. The quantitative estimate of drug-likeness (QED) is 0.476. The number of anilines is 1. The Morgan fingerprint density at radius 3 is 2.33 bits per heavy atom. The highest BCUT2D eigenvalue weighted by atomic mass is 16.6. The fraction of sp³-hybridized carbons (Fsp3) is 0.188. The molecule has 0 aromatic heterocycles. The van der Waals surface area contributed by atoms with E-state index in [0.29, 0.717) is 28.5 Å². The summed E-state index contributed by atoms with van der Waals surface area (Å²) >= 11 is 0. The predicted octanol–water partition coefficient (Wildman–Crippen LogP) is 3.07. The molecule has 24 heavy (non-hydrogen) atoms. The fourth-order valence-electron chi connectivity index (χ4n) is 2.02. The van der Waals surface area contributed by atoms with Gasteiger partial charge in [-0.25, -0.2) is 0 Å². The van der Waals surface area contributed by atoms with Gasteiger partial charge in [0.05, 0.1) is 38.2 Å². The van der Waals surface area contributed by atoms with Crippen molar-refractivity contribution in [2.75, 3.05) is 26.8 Å². The van der Waals surface area contributed by atoms with Crippen LogP contribution in [0.15, 0.2) is 41.5 Å². The Balaban J connectivity index is 2.22. The predicted molar refractivity (Wildman–Crippen MR) is 90.4 cm³/mol. The normalized spacial score (nSPS) is 10.5. The summed E-state index contributed by atoms with van der Waals surface area (Å²) in [6.45, 7) is 0. The summed E-state index contributed by atoms with van der Waals surface area (Å²) in [5, 5.41) is 14.8. The highest BCUT2D eigenvalue weighted by Gasteiger charge is 2.10. The second-order valence-electron chi connectivity index (χ2n) is 4.63. The van der Waals surface area contributed by atoms with E-state index in [4.69, 9.17) is 14.2 Å². The maximum absolute atomic E-state index is 10.8. The van der Waals surface area contributed by atoms with E-state index in [9.17, 15) is 10.1 Å². The van der Waals surface area contributed by atoms with Crippen LogP contribution in [0.25, 0.3) is 0 Å². The summed E-state index contributed by atoms with van der Waals surface area (Å²) in [6.07, 6.45) is 1.53. The molecule has 0 spiro atoms. The second-order valence-corrected chi connectivity index (χ2v) is 4.63. The van der Waals surface area contributed by atoms with E-state index in [1.54, 1.807) is 24.3 Å². The number of benzene rings is 2. The van der Waals surface area contributed by atoms with Crippen molar-refractivity contribution in [1.82, 2.24) is 0 Å². The smallest absolute Gasteiger partial charge is 0.271 e. The number of methoxy groups -OCH3 is 3. The zero-order chi connectivity index (χ0) is 17.5. The van der Waals surface area contributed by atoms with Crippen molar-refractivity contribution >= 4 is 17.6 Å². The average molecular weight is 331 g/mol. The summed E-state index contributed by atoms with van der Waals surface area (Å²) < 4.78 is 15.8. The first-order valence-electron chi connectivity index (χ1n) is 6.92. The number of rotatable bonds is 7. The Labute approximate surface area is 138 Å². The van der Waals surface area contributed by atoms with Gasteiger partial charge in [-0.15, -0.1) is 0 Å². The topological polar surface area (TPSA) is 95.2 Å². The third-order valence-electron chi connectivity index (χ3n) is 3.19. The molecule has 0 aliphatic rings. The molecule has 0 unspecified atom stereocenters. The van der Waals surface area contributed by atoms with Crippen molar-refractivity contribution < 1.29 is 19.1 Å². The van der Waals surface area contributed by atoms with Crippen molar-refractivity contribution in [1.29, 1.82) is 0 Å². The monoisotopic (exact) mass is 331 g/mol. The minimum Gasteiger partial charge on any atom is -0.496 e. The van der Waals surface area contributed by atoms with Gasteiger partial charge in [0, 0.05) is 23.8 Å². The lowest BCUT2D eigenvalue weighted by Crippen LogP contribution is -1.98. The van der Waals surface area contributed by atoms with Crippen molar-refractivity contribution in [2.24, 2.45) is 5.10 Å². The molecule has 2 aromatic carbocycles. The molecule has 0 aliphatic carbocycles. The molecule has 2 aromatic rings. The van der Waals surface area contributed by atoms with E-state index in [1.807, 2.05) is 0 Å². The molecule has 0 aliphatic heterocycles. The molecular formula is C16H17N3O5. The van der Waals surface area contributed by atoms with Crippen molar-refractivity contribution in [2.45, 2.75) is 0 Å². The number of nitrogens with zero attached hydrogens (tertiary/aromatic N) is 2. The van der Waals surface area contributed by atoms with Crippen LogP contribution in [0.3, 0.4) is 0 Å². The number of non-ortho nitro benzene ring substituents is 1. The maximum Gasteiger partial charge on any atom is 0.271 e. The minimum atomic E-state index is -0.466. The number of nitrogens with one attached hydrogen (secondary N) is 1. The molecule has 0 radical (unpaired) electrons. The van der Waals surface area contributed by atoms with Gasteiger partial charge in [0.1, 0.15) is 5.75 Å². The highest BCUT2D eigenvalue weighted by molar-refractivity contribution is 5.85. The summed E-state index contributed by atoms with van der Waals surface area (Å²) in [4.78, 5) is 10.3. The van der Waals surface area contributed by atoms with Gasteiger partial charge in [0.2, 0.25) is 0 Å². The Bertz CT molecular complexity index is 761. The van der Waals surface area contributed by atoms with E-state index in [-0.39, 0.29) is 5.69 Å².